The number of aromatic nitrogens is 1. The SMILES string of the molecule is O=C(Cc1ccc(F)cc1)Nc1ccc(COC(=O)N[C@@H](CCOCc2cncc(F)c2)C(=O)O)cc1. The Morgan fingerprint density at radius 2 is 1.59 bits per heavy atom. The molecule has 0 saturated carbocycles. The van der Waals surface area contributed by atoms with E-state index >= 15 is 0 Å². The summed E-state index contributed by atoms with van der Waals surface area (Å²) in [5, 5.41) is 14.3. The van der Waals surface area contributed by atoms with Crippen molar-refractivity contribution in [2.24, 2.45) is 0 Å². The predicted octanol–water partition coefficient (Wildman–Crippen LogP) is 3.83. The molecule has 194 valence electrons. The van der Waals surface area contributed by atoms with Gasteiger partial charge in [0, 0.05) is 24.9 Å². The molecular weight excluding hydrogens is 488 g/mol. The number of carbonyl (C=O) groups is 3. The van der Waals surface area contributed by atoms with Crippen LogP contribution in [-0.2, 0) is 38.7 Å². The van der Waals surface area contributed by atoms with Crippen LogP contribution in [0.1, 0.15) is 23.1 Å². The zero-order valence-corrected chi connectivity index (χ0v) is 19.7. The number of aliphatic carboxylic acids is 1. The van der Waals surface area contributed by atoms with Crippen molar-refractivity contribution in [2.75, 3.05) is 11.9 Å². The molecule has 11 heteroatoms. The maximum Gasteiger partial charge on any atom is 0.408 e. The smallest absolute Gasteiger partial charge is 0.408 e. The monoisotopic (exact) mass is 513 g/mol. The fourth-order valence-corrected chi connectivity index (χ4v) is 3.19. The minimum atomic E-state index is -1.26. The van der Waals surface area contributed by atoms with Crippen LogP contribution in [0.2, 0.25) is 0 Å². The van der Waals surface area contributed by atoms with Gasteiger partial charge < -0.3 is 25.2 Å². The minimum Gasteiger partial charge on any atom is -0.480 e. The van der Waals surface area contributed by atoms with Gasteiger partial charge in [-0.1, -0.05) is 24.3 Å². The molecule has 1 atom stereocenters. The maximum absolute atomic E-state index is 13.1. The molecular formula is C26H25F2N3O6. The maximum atomic E-state index is 13.1. The van der Waals surface area contributed by atoms with Crippen molar-refractivity contribution >= 4 is 23.7 Å². The van der Waals surface area contributed by atoms with E-state index in [1.54, 1.807) is 24.3 Å². The van der Waals surface area contributed by atoms with Crippen molar-refractivity contribution in [3.63, 3.8) is 0 Å². The highest BCUT2D eigenvalue weighted by molar-refractivity contribution is 5.92. The highest BCUT2D eigenvalue weighted by Gasteiger charge is 2.20. The van der Waals surface area contributed by atoms with Gasteiger partial charge in [-0.15, -0.1) is 0 Å². The predicted molar refractivity (Wildman–Crippen MR) is 128 cm³/mol. The van der Waals surface area contributed by atoms with E-state index in [4.69, 9.17) is 9.47 Å². The van der Waals surface area contributed by atoms with E-state index in [1.165, 1.54) is 36.5 Å². The van der Waals surface area contributed by atoms with Crippen LogP contribution in [0.25, 0.3) is 0 Å². The quantitative estimate of drug-likeness (QED) is 0.314. The third kappa shape index (κ3) is 9.65. The lowest BCUT2D eigenvalue weighted by molar-refractivity contribution is -0.140. The number of alkyl carbamates (subject to hydrolysis) is 1. The third-order valence-corrected chi connectivity index (χ3v) is 5.06. The van der Waals surface area contributed by atoms with E-state index in [1.807, 2.05) is 0 Å². The van der Waals surface area contributed by atoms with E-state index in [-0.39, 0.29) is 44.4 Å². The van der Waals surface area contributed by atoms with Crippen molar-refractivity contribution in [3.05, 3.63) is 95.3 Å². The molecule has 3 rings (SSSR count). The van der Waals surface area contributed by atoms with E-state index < -0.39 is 23.9 Å². The number of benzene rings is 2. The van der Waals surface area contributed by atoms with Gasteiger partial charge in [0.2, 0.25) is 5.91 Å². The Kier molecular flexibility index (Phi) is 10.0. The molecule has 0 aliphatic heterocycles. The van der Waals surface area contributed by atoms with Gasteiger partial charge in [0.25, 0.3) is 0 Å². The summed E-state index contributed by atoms with van der Waals surface area (Å²) in [5.74, 6) is -2.41. The van der Waals surface area contributed by atoms with Gasteiger partial charge in [0.1, 0.15) is 24.3 Å². The molecule has 3 N–H and O–H groups in total. The standard InChI is InChI=1S/C26H25F2N3O6/c27-20-5-1-17(2-6-20)12-24(32)30-22-7-3-18(4-8-22)16-37-26(35)31-23(25(33)34)9-10-36-15-19-11-21(28)14-29-13-19/h1-8,11,13-14,23H,9-10,12,15-16H2,(H,30,32)(H,31,35)(H,33,34)/t23-/m0/s1. The fraction of sp³-hybridized carbons (Fsp3) is 0.231. The summed E-state index contributed by atoms with van der Waals surface area (Å²) >= 11 is 0. The van der Waals surface area contributed by atoms with Crippen LogP contribution in [0.5, 0.6) is 0 Å². The number of ether oxygens (including phenoxy) is 2. The van der Waals surface area contributed by atoms with Gasteiger partial charge >= 0.3 is 12.1 Å². The molecule has 0 unspecified atom stereocenters. The molecule has 0 spiro atoms. The van der Waals surface area contributed by atoms with Crippen molar-refractivity contribution < 1.29 is 37.7 Å². The Bertz CT molecular complexity index is 1210. The number of carbonyl (C=O) groups excluding carboxylic acids is 2. The van der Waals surface area contributed by atoms with Crippen LogP contribution in [-0.4, -0.2) is 40.7 Å². The zero-order chi connectivity index (χ0) is 26.6. The first-order valence-electron chi connectivity index (χ1n) is 11.2. The van der Waals surface area contributed by atoms with Crippen molar-refractivity contribution in [2.45, 2.75) is 32.1 Å². The van der Waals surface area contributed by atoms with Gasteiger partial charge in [-0.05, 0) is 47.0 Å². The molecule has 0 bridgehead atoms. The fourth-order valence-electron chi connectivity index (χ4n) is 3.19. The number of carboxylic acid groups (broad SMARTS) is 1. The van der Waals surface area contributed by atoms with Crippen molar-refractivity contribution in [1.29, 1.82) is 0 Å². The molecule has 3 aromatic rings. The number of hydrogen-bond acceptors (Lipinski definition) is 6. The number of anilines is 1. The Labute approximate surface area is 211 Å². The van der Waals surface area contributed by atoms with E-state index in [9.17, 15) is 28.3 Å². The molecule has 0 aliphatic carbocycles. The lowest BCUT2D eigenvalue weighted by atomic mass is 10.1. The van der Waals surface area contributed by atoms with Crippen molar-refractivity contribution in [1.82, 2.24) is 10.3 Å². The zero-order valence-electron chi connectivity index (χ0n) is 19.7. The summed E-state index contributed by atoms with van der Waals surface area (Å²) in [5.41, 5.74) is 2.31. The highest BCUT2D eigenvalue weighted by Crippen LogP contribution is 2.12. The first-order valence-corrected chi connectivity index (χ1v) is 11.2. The van der Waals surface area contributed by atoms with Gasteiger partial charge in [-0.2, -0.15) is 0 Å². The van der Waals surface area contributed by atoms with Crippen LogP contribution in [0.3, 0.4) is 0 Å². The molecule has 0 radical (unpaired) electrons. The second-order valence-electron chi connectivity index (χ2n) is 8.01. The number of amides is 2. The molecule has 2 amide bonds. The summed E-state index contributed by atoms with van der Waals surface area (Å²) in [7, 11) is 0. The molecule has 1 aromatic heterocycles. The second-order valence-corrected chi connectivity index (χ2v) is 8.01. The Morgan fingerprint density at radius 1 is 0.892 bits per heavy atom. The average molecular weight is 513 g/mol. The third-order valence-electron chi connectivity index (χ3n) is 5.06. The van der Waals surface area contributed by atoms with Crippen LogP contribution >= 0.6 is 0 Å². The van der Waals surface area contributed by atoms with Crippen molar-refractivity contribution in [3.8, 4) is 0 Å². The number of rotatable bonds is 12. The van der Waals surface area contributed by atoms with Gasteiger partial charge in [0.05, 0.1) is 19.2 Å². The van der Waals surface area contributed by atoms with Gasteiger partial charge in [0.15, 0.2) is 0 Å². The second kappa shape index (κ2) is 13.6. The van der Waals surface area contributed by atoms with E-state index in [0.29, 0.717) is 22.4 Å². The summed E-state index contributed by atoms with van der Waals surface area (Å²) in [4.78, 5) is 39.3. The first kappa shape index (κ1) is 27.2. The summed E-state index contributed by atoms with van der Waals surface area (Å²) < 4.78 is 36.5. The molecule has 0 fully saturated rings. The molecule has 0 aliphatic rings. The number of halogens is 2. The van der Waals surface area contributed by atoms with E-state index in [2.05, 4.69) is 15.6 Å². The first-order chi connectivity index (χ1) is 17.8. The van der Waals surface area contributed by atoms with Crippen LogP contribution < -0.4 is 10.6 Å². The minimum absolute atomic E-state index is 0.00209. The number of carboxylic acids is 1. The number of nitrogens with zero attached hydrogens (tertiary/aromatic N) is 1. The number of nitrogens with one attached hydrogen (secondary N) is 2. The molecule has 37 heavy (non-hydrogen) atoms. The molecule has 1 heterocycles. The van der Waals surface area contributed by atoms with Crippen LogP contribution in [0.15, 0.2) is 67.0 Å². The van der Waals surface area contributed by atoms with Crippen LogP contribution in [0.4, 0.5) is 19.3 Å². The molecule has 2 aromatic carbocycles. The molecule has 9 nitrogen and oxygen atoms in total. The summed E-state index contributed by atoms with van der Waals surface area (Å²) in [6.45, 7) is -0.0720. The largest absolute Gasteiger partial charge is 0.480 e. The van der Waals surface area contributed by atoms with E-state index in [0.717, 1.165) is 6.20 Å². The summed E-state index contributed by atoms with van der Waals surface area (Å²) in [6.07, 6.45) is 1.63. The summed E-state index contributed by atoms with van der Waals surface area (Å²) in [6, 6.07) is 12.2. The highest BCUT2D eigenvalue weighted by atomic mass is 19.1. The van der Waals surface area contributed by atoms with Gasteiger partial charge in [-0.3, -0.25) is 9.78 Å². The van der Waals surface area contributed by atoms with Gasteiger partial charge in [-0.25, -0.2) is 18.4 Å². The lowest BCUT2D eigenvalue weighted by Gasteiger charge is -2.15. The number of hydrogen-bond donors (Lipinski definition) is 3. The Balaban J connectivity index is 1.38. The molecule has 0 saturated heterocycles. The lowest BCUT2D eigenvalue weighted by Crippen LogP contribution is -2.41. The Hall–Kier alpha value is -4.38. The topological polar surface area (TPSA) is 127 Å². The van der Waals surface area contributed by atoms with Crippen LogP contribution in [0, 0.1) is 11.6 Å². The normalized spacial score (nSPS) is 11.4. The average Bonchev–Trinajstić information content (AvgIpc) is 2.86. The number of pyridine rings is 1. The Morgan fingerprint density at radius 3 is 2.27 bits per heavy atom.